The molecule has 20 heavy (non-hydrogen) atoms. The smallest absolute Gasteiger partial charge is 0.196 e. The lowest BCUT2D eigenvalue weighted by Gasteiger charge is -2.06. The third-order valence-electron chi connectivity index (χ3n) is 3.04. The Bertz CT molecular complexity index is 802. The number of carbonyl (C=O) groups is 1. The monoisotopic (exact) mass is 285 g/mol. The summed E-state index contributed by atoms with van der Waals surface area (Å²) in [6.07, 6.45) is 1.43. The van der Waals surface area contributed by atoms with Gasteiger partial charge in [-0.25, -0.2) is 4.39 Å². The standard InChI is InChI=1S/C16H9ClFNO/c17-15-12-8-11(18)6-7-14(12)19-9-13(15)16(20)10-4-2-1-3-5-10/h1-9H. The van der Waals surface area contributed by atoms with Gasteiger partial charge in [0.05, 0.1) is 16.1 Å². The van der Waals surface area contributed by atoms with Gasteiger partial charge in [-0.05, 0) is 18.2 Å². The first-order chi connectivity index (χ1) is 9.66. The van der Waals surface area contributed by atoms with Crippen LogP contribution < -0.4 is 0 Å². The van der Waals surface area contributed by atoms with Gasteiger partial charge in [0.15, 0.2) is 5.78 Å². The molecule has 0 aliphatic rings. The Kier molecular flexibility index (Phi) is 3.20. The van der Waals surface area contributed by atoms with Crippen molar-refractivity contribution in [3.8, 4) is 0 Å². The number of rotatable bonds is 2. The van der Waals surface area contributed by atoms with Crippen LogP contribution in [0.4, 0.5) is 4.39 Å². The van der Waals surface area contributed by atoms with Gasteiger partial charge in [-0.1, -0.05) is 41.9 Å². The predicted molar refractivity (Wildman–Crippen MR) is 76.6 cm³/mol. The van der Waals surface area contributed by atoms with Crippen molar-refractivity contribution in [3.05, 3.63) is 76.7 Å². The molecular weight excluding hydrogens is 277 g/mol. The average Bonchev–Trinajstić information content (AvgIpc) is 2.48. The molecule has 0 aliphatic heterocycles. The predicted octanol–water partition coefficient (Wildman–Crippen LogP) is 4.26. The number of halogens is 2. The number of ketones is 1. The van der Waals surface area contributed by atoms with Crippen molar-refractivity contribution in [2.45, 2.75) is 0 Å². The lowest BCUT2D eigenvalue weighted by atomic mass is 10.0. The number of pyridine rings is 1. The number of benzene rings is 2. The molecule has 0 bridgehead atoms. The first-order valence-electron chi connectivity index (χ1n) is 6.00. The maximum absolute atomic E-state index is 13.3. The van der Waals surface area contributed by atoms with Crippen LogP contribution in [-0.2, 0) is 0 Å². The zero-order chi connectivity index (χ0) is 14.1. The fourth-order valence-corrected chi connectivity index (χ4v) is 2.32. The minimum Gasteiger partial charge on any atom is -0.288 e. The van der Waals surface area contributed by atoms with E-state index in [-0.39, 0.29) is 16.4 Å². The van der Waals surface area contributed by atoms with E-state index in [0.717, 1.165) is 0 Å². The number of hydrogen-bond acceptors (Lipinski definition) is 2. The molecule has 98 valence electrons. The number of hydrogen-bond donors (Lipinski definition) is 0. The van der Waals surface area contributed by atoms with Crippen LogP contribution in [0.15, 0.2) is 54.7 Å². The van der Waals surface area contributed by atoms with Crippen molar-refractivity contribution in [2.24, 2.45) is 0 Å². The first kappa shape index (κ1) is 12.8. The van der Waals surface area contributed by atoms with Gasteiger partial charge in [-0.15, -0.1) is 0 Å². The van der Waals surface area contributed by atoms with Gasteiger partial charge >= 0.3 is 0 Å². The Morgan fingerprint density at radius 3 is 2.60 bits per heavy atom. The second kappa shape index (κ2) is 5.02. The van der Waals surface area contributed by atoms with Crippen molar-refractivity contribution in [3.63, 3.8) is 0 Å². The summed E-state index contributed by atoms with van der Waals surface area (Å²) in [4.78, 5) is 16.5. The van der Waals surface area contributed by atoms with E-state index in [9.17, 15) is 9.18 Å². The molecule has 4 heteroatoms. The molecule has 2 nitrogen and oxygen atoms in total. The van der Waals surface area contributed by atoms with Crippen LogP contribution in [0, 0.1) is 5.82 Å². The van der Waals surface area contributed by atoms with Gasteiger partial charge in [0.2, 0.25) is 0 Å². The highest BCUT2D eigenvalue weighted by molar-refractivity contribution is 6.39. The van der Waals surface area contributed by atoms with Gasteiger partial charge < -0.3 is 0 Å². The zero-order valence-electron chi connectivity index (χ0n) is 10.3. The molecule has 3 rings (SSSR count). The number of aromatic nitrogens is 1. The highest BCUT2D eigenvalue weighted by Gasteiger charge is 2.15. The normalized spacial score (nSPS) is 10.7. The van der Waals surface area contributed by atoms with Crippen LogP contribution in [0.25, 0.3) is 10.9 Å². The molecule has 2 aromatic carbocycles. The van der Waals surface area contributed by atoms with Crippen molar-refractivity contribution in [1.82, 2.24) is 4.98 Å². The Morgan fingerprint density at radius 2 is 1.85 bits per heavy atom. The maximum atomic E-state index is 13.3. The van der Waals surface area contributed by atoms with E-state index in [4.69, 9.17) is 11.6 Å². The highest BCUT2D eigenvalue weighted by Crippen LogP contribution is 2.27. The van der Waals surface area contributed by atoms with E-state index >= 15 is 0 Å². The van der Waals surface area contributed by atoms with Crippen LogP contribution in [0.3, 0.4) is 0 Å². The lowest BCUT2D eigenvalue weighted by molar-refractivity contribution is 0.103. The molecule has 0 aliphatic carbocycles. The van der Waals surface area contributed by atoms with Crippen molar-refractivity contribution in [2.75, 3.05) is 0 Å². The summed E-state index contributed by atoms with van der Waals surface area (Å²) in [5, 5.41) is 0.664. The summed E-state index contributed by atoms with van der Waals surface area (Å²) in [5.41, 5.74) is 1.35. The summed E-state index contributed by atoms with van der Waals surface area (Å²) in [5.74, 6) is -0.639. The molecule has 0 saturated carbocycles. The largest absolute Gasteiger partial charge is 0.288 e. The van der Waals surface area contributed by atoms with Crippen LogP contribution >= 0.6 is 11.6 Å². The van der Waals surface area contributed by atoms with Gasteiger partial charge in [0.1, 0.15) is 5.82 Å². The van der Waals surface area contributed by atoms with Crippen molar-refractivity contribution >= 4 is 28.3 Å². The van der Waals surface area contributed by atoms with Gasteiger partial charge in [0.25, 0.3) is 0 Å². The van der Waals surface area contributed by atoms with E-state index in [1.165, 1.54) is 24.4 Å². The molecule has 0 saturated heterocycles. The van der Waals surface area contributed by atoms with E-state index in [0.29, 0.717) is 16.5 Å². The number of nitrogens with zero attached hydrogens (tertiary/aromatic N) is 1. The minimum atomic E-state index is -0.412. The summed E-state index contributed by atoms with van der Waals surface area (Å²) in [7, 11) is 0. The topological polar surface area (TPSA) is 30.0 Å². The fourth-order valence-electron chi connectivity index (χ4n) is 2.04. The van der Waals surface area contributed by atoms with Crippen LogP contribution in [0.1, 0.15) is 15.9 Å². The first-order valence-corrected chi connectivity index (χ1v) is 6.38. The van der Waals surface area contributed by atoms with Crippen LogP contribution in [0.5, 0.6) is 0 Å². The van der Waals surface area contributed by atoms with E-state index < -0.39 is 5.82 Å². The van der Waals surface area contributed by atoms with E-state index in [1.54, 1.807) is 24.3 Å². The van der Waals surface area contributed by atoms with Gasteiger partial charge in [-0.3, -0.25) is 9.78 Å². The Labute approximate surface area is 119 Å². The summed E-state index contributed by atoms with van der Waals surface area (Å²) in [6.45, 7) is 0. The SMILES string of the molecule is O=C(c1ccccc1)c1cnc2ccc(F)cc2c1Cl. The number of fused-ring (bicyclic) bond motifs is 1. The van der Waals surface area contributed by atoms with Gasteiger partial charge in [0, 0.05) is 17.1 Å². The quantitative estimate of drug-likeness (QED) is 0.659. The Balaban J connectivity index is 2.18. The molecule has 1 heterocycles. The van der Waals surface area contributed by atoms with Crippen molar-refractivity contribution < 1.29 is 9.18 Å². The molecule has 0 atom stereocenters. The number of carbonyl (C=O) groups excluding carboxylic acids is 1. The Hall–Kier alpha value is -2.26. The van der Waals surface area contributed by atoms with Gasteiger partial charge in [-0.2, -0.15) is 0 Å². The molecule has 0 unspecified atom stereocenters. The average molecular weight is 286 g/mol. The molecule has 0 spiro atoms. The highest BCUT2D eigenvalue weighted by atomic mass is 35.5. The summed E-state index contributed by atoms with van der Waals surface area (Å²) >= 11 is 6.23. The van der Waals surface area contributed by atoms with Crippen molar-refractivity contribution in [1.29, 1.82) is 0 Å². The van der Waals surface area contributed by atoms with Crippen LogP contribution in [0.2, 0.25) is 5.02 Å². The minimum absolute atomic E-state index is 0.225. The second-order valence-electron chi connectivity index (χ2n) is 4.34. The van der Waals surface area contributed by atoms with E-state index in [2.05, 4.69) is 4.98 Å². The molecule has 1 aromatic heterocycles. The molecule has 0 amide bonds. The molecular formula is C16H9ClFNO. The summed E-state index contributed by atoms with van der Waals surface area (Å²) in [6, 6.07) is 12.9. The molecule has 0 N–H and O–H groups in total. The third kappa shape index (κ3) is 2.17. The fraction of sp³-hybridized carbons (Fsp3) is 0. The molecule has 0 radical (unpaired) electrons. The zero-order valence-corrected chi connectivity index (χ0v) is 11.1. The maximum Gasteiger partial charge on any atom is 0.196 e. The third-order valence-corrected chi connectivity index (χ3v) is 3.45. The molecule has 0 fully saturated rings. The van der Waals surface area contributed by atoms with E-state index in [1.807, 2.05) is 6.07 Å². The lowest BCUT2D eigenvalue weighted by Crippen LogP contribution is -2.03. The molecule has 3 aromatic rings. The second-order valence-corrected chi connectivity index (χ2v) is 4.72. The summed E-state index contributed by atoms with van der Waals surface area (Å²) < 4.78 is 13.3. The Morgan fingerprint density at radius 1 is 1.10 bits per heavy atom. The van der Waals surface area contributed by atoms with Crippen LogP contribution in [-0.4, -0.2) is 10.8 Å².